The summed E-state index contributed by atoms with van der Waals surface area (Å²) in [6.45, 7) is 8.57. The average Bonchev–Trinajstić information content (AvgIpc) is 2.84. The van der Waals surface area contributed by atoms with Crippen LogP contribution in [0.1, 0.15) is 51.0 Å². The Balaban J connectivity index is 2.18. The standard InChI is InChI=1S/C15H19Cl2N3S/c1-9(2)14-18-19-15(20(14)10(3)4)21-8-11-5-6-12(16)13(17)7-11/h5-7,9-10H,8H2,1-4H3. The number of rotatable bonds is 5. The molecule has 21 heavy (non-hydrogen) atoms. The molecule has 0 aliphatic rings. The Bertz CT molecular complexity index is 623. The van der Waals surface area contributed by atoms with Crippen LogP contribution < -0.4 is 0 Å². The molecule has 0 unspecified atom stereocenters. The molecule has 0 saturated heterocycles. The van der Waals surface area contributed by atoms with Crippen molar-refractivity contribution in [2.45, 2.75) is 50.6 Å². The highest BCUT2D eigenvalue weighted by Crippen LogP contribution is 2.29. The van der Waals surface area contributed by atoms with E-state index in [1.807, 2.05) is 18.2 Å². The van der Waals surface area contributed by atoms with Crippen LogP contribution in [0.25, 0.3) is 0 Å². The van der Waals surface area contributed by atoms with Crippen LogP contribution in [-0.2, 0) is 5.75 Å². The van der Waals surface area contributed by atoms with Crippen LogP contribution in [0.5, 0.6) is 0 Å². The Morgan fingerprint density at radius 3 is 2.38 bits per heavy atom. The number of hydrogen-bond donors (Lipinski definition) is 0. The predicted octanol–water partition coefficient (Wildman–Crippen LogP) is 5.58. The highest BCUT2D eigenvalue weighted by atomic mass is 35.5. The van der Waals surface area contributed by atoms with Crippen molar-refractivity contribution in [1.82, 2.24) is 14.8 Å². The zero-order chi connectivity index (χ0) is 15.6. The molecule has 1 heterocycles. The fraction of sp³-hybridized carbons (Fsp3) is 0.467. The molecule has 0 amide bonds. The maximum Gasteiger partial charge on any atom is 0.191 e. The lowest BCUT2D eigenvalue weighted by atomic mass is 10.2. The first-order chi connectivity index (χ1) is 9.90. The molecule has 0 bridgehead atoms. The number of halogens is 2. The molecule has 0 saturated carbocycles. The molecule has 0 radical (unpaired) electrons. The van der Waals surface area contributed by atoms with E-state index >= 15 is 0 Å². The summed E-state index contributed by atoms with van der Waals surface area (Å²) in [5.41, 5.74) is 1.12. The van der Waals surface area contributed by atoms with Gasteiger partial charge >= 0.3 is 0 Å². The third-order valence-electron chi connectivity index (χ3n) is 3.08. The van der Waals surface area contributed by atoms with Crippen molar-refractivity contribution in [3.8, 4) is 0 Å². The lowest BCUT2D eigenvalue weighted by molar-refractivity contribution is 0.512. The molecule has 0 spiro atoms. The summed E-state index contributed by atoms with van der Waals surface area (Å²) in [6.07, 6.45) is 0. The highest BCUT2D eigenvalue weighted by molar-refractivity contribution is 7.98. The van der Waals surface area contributed by atoms with Crippen molar-refractivity contribution in [3.63, 3.8) is 0 Å². The summed E-state index contributed by atoms with van der Waals surface area (Å²) in [5.74, 6) is 2.18. The molecule has 2 rings (SSSR count). The largest absolute Gasteiger partial charge is 0.303 e. The first-order valence-corrected chi connectivity index (χ1v) is 8.65. The van der Waals surface area contributed by atoms with Crippen LogP contribution in [0.3, 0.4) is 0 Å². The van der Waals surface area contributed by atoms with Gasteiger partial charge in [-0.25, -0.2) is 0 Å². The zero-order valence-electron chi connectivity index (χ0n) is 12.6. The first-order valence-electron chi connectivity index (χ1n) is 6.91. The molecule has 0 atom stereocenters. The Hall–Kier alpha value is -0.710. The number of hydrogen-bond acceptors (Lipinski definition) is 3. The van der Waals surface area contributed by atoms with Crippen molar-refractivity contribution < 1.29 is 0 Å². The maximum atomic E-state index is 6.05. The first kappa shape index (κ1) is 16.7. The van der Waals surface area contributed by atoms with E-state index in [9.17, 15) is 0 Å². The van der Waals surface area contributed by atoms with Gasteiger partial charge in [0.15, 0.2) is 5.16 Å². The third-order valence-corrected chi connectivity index (χ3v) is 4.83. The van der Waals surface area contributed by atoms with Crippen LogP contribution in [-0.4, -0.2) is 14.8 Å². The summed E-state index contributed by atoms with van der Waals surface area (Å²) in [6, 6.07) is 6.05. The molecule has 2 aromatic rings. The molecular formula is C15H19Cl2N3S. The van der Waals surface area contributed by atoms with Gasteiger partial charge in [0.05, 0.1) is 10.0 Å². The minimum absolute atomic E-state index is 0.341. The molecule has 0 fully saturated rings. The second kappa shape index (κ2) is 7.03. The number of nitrogens with zero attached hydrogens (tertiary/aromatic N) is 3. The average molecular weight is 344 g/mol. The Labute approximate surface area is 140 Å². The molecule has 0 aliphatic carbocycles. The minimum Gasteiger partial charge on any atom is -0.303 e. The topological polar surface area (TPSA) is 30.7 Å². The van der Waals surface area contributed by atoms with E-state index < -0.39 is 0 Å². The van der Waals surface area contributed by atoms with Crippen LogP contribution in [0.2, 0.25) is 10.0 Å². The van der Waals surface area contributed by atoms with Crippen molar-refractivity contribution in [2.75, 3.05) is 0 Å². The molecule has 114 valence electrons. The van der Waals surface area contributed by atoms with E-state index in [1.165, 1.54) is 0 Å². The second-order valence-electron chi connectivity index (χ2n) is 5.50. The Kier molecular flexibility index (Phi) is 5.58. The molecule has 6 heteroatoms. The molecular weight excluding hydrogens is 325 g/mol. The van der Waals surface area contributed by atoms with Gasteiger partial charge in [-0.2, -0.15) is 0 Å². The fourth-order valence-corrected chi connectivity index (χ4v) is 3.38. The van der Waals surface area contributed by atoms with Gasteiger partial charge < -0.3 is 4.57 Å². The van der Waals surface area contributed by atoms with Crippen molar-refractivity contribution >= 4 is 35.0 Å². The zero-order valence-corrected chi connectivity index (χ0v) is 14.9. The van der Waals surface area contributed by atoms with E-state index in [2.05, 4.69) is 42.5 Å². The minimum atomic E-state index is 0.341. The lowest BCUT2D eigenvalue weighted by Gasteiger charge is -2.15. The SMILES string of the molecule is CC(C)c1nnc(SCc2ccc(Cl)c(Cl)c2)n1C(C)C. The molecule has 0 aliphatic heterocycles. The number of thioether (sulfide) groups is 1. The van der Waals surface area contributed by atoms with Gasteiger partial charge in [0, 0.05) is 17.7 Å². The normalized spacial score (nSPS) is 11.6. The lowest BCUT2D eigenvalue weighted by Crippen LogP contribution is -2.09. The van der Waals surface area contributed by atoms with E-state index in [-0.39, 0.29) is 0 Å². The summed E-state index contributed by atoms with van der Waals surface area (Å²) in [5, 5.41) is 10.8. The van der Waals surface area contributed by atoms with Gasteiger partial charge in [-0.15, -0.1) is 10.2 Å². The summed E-state index contributed by atoms with van der Waals surface area (Å²) in [7, 11) is 0. The van der Waals surface area contributed by atoms with Crippen LogP contribution in [0.15, 0.2) is 23.4 Å². The predicted molar refractivity (Wildman–Crippen MR) is 90.5 cm³/mol. The molecule has 1 aromatic carbocycles. The van der Waals surface area contributed by atoms with Crippen molar-refractivity contribution in [1.29, 1.82) is 0 Å². The van der Waals surface area contributed by atoms with Crippen molar-refractivity contribution in [2.24, 2.45) is 0 Å². The van der Waals surface area contributed by atoms with Gasteiger partial charge in [-0.1, -0.05) is 54.9 Å². The van der Waals surface area contributed by atoms with Crippen LogP contribution >= 0.6 is 35.0 Å². The number of aromatic nitrogens is 3. The van der Waals surface area contributed by atoms with E-state index in [0.717, 1.165) is 22.3 Å². The molecule has 1 aromatic heterocycles. The van der Waals surface area contributed by atoms with Gasteiger partial charge in [0.2, 0.25) is 0 Å². The fourth-order valence-electron chi connectivity index (χ4n) is 2.04. The Morgan fingerprint density at radius 1 is 1.10 bits per heavy atom. The van der Waals surface area contributed by atoms with Gasteiger partial charge in [0.1, 0.15) is 5.82 Å². The smallest absolute Gasteiger partial charge is 0.191 e. The van der Waals surface area contributed by atoms with Crippen LogP contribution in [0, 0.1) is 0 Å². The Morgan fingerprint density at radius 2 is 1.81 bits per heavy atom. The highest BCUT2D eigenvalue weighted by Gasteiger charge is 2.17. The molecule has 0 N–H and O–H groups in total. The number of benzene rings is 1. The van der Waals surface area contributed by atoms with Gasteiger partial charge in [-0.3, -0.25) is 0 Å². The van der Waals surface area contributed by atoms with Gasteiger partial charge in [0.25, 0.3) is 0 Å². The quantitative estimate of drug-likeness (QED) is 0.663. The summed E-state index contributed by atoms with van der Waals surface area (Å²) < 4.78 is 2.20. The van der Waals surface area contributed by atoms with E-state index in [4.69, 9.17) is 23.2 Å². The summed E-state index contributed by atoms with van der Waals surface area (Å²) in [4.78, 5) is 0. The monoisotopic (exact) mass is 343 g/mol. The van der Waals surface area contributed by atoms with E-state index in [0.29, 0.717) is 22.0 Å². The van der Waals surface area contributed by atoms with Crippen molar-refractivity contribution in [3.05, 3.63) is 39.6 Å². The van der Waals surface area contributed by atoms with Crippen LogP contribution in [0.4, 0.5) is 0 Å². The second-order valence-corrected chi connectivity index (χ2v) is 7.25. The van der Waals surface area contributed by atoms with E-state index in [1.54, 1.807) is 11.8 Å². The maximum absolute atomic E-state index is 6.05. The third kappa shape index (κ3) is 3.93. The van der Waals surface area contributed by atoms with Gasteiger partial charge in [-0.05, 0) is 31.5 Å². The summed E-state index contributed by atoms with van der Waals surface area (Å²) >= 11 is 13.7. The molecule has 3 nitrogen and oxygen atoms in total.